The van der Waals surface area contributed by atoms with E-state index >= 15 is 0 Å². The van der Waals surface area contributed by atoms with Crippen LogP contribution in [0.4, 0.5) is 0 Å². The summed E-state index contributed by atoms with van der Waals surface area (Å²) in [4.78, 5) is 0. The van der Waals surface area contributed by atoms with Crippen LogP contribution in [-0.4, -0.2) is 28.0 Å². The summed E-state index contributed by atoms with van der Waals surface area (Å²) in [6.07, 6.45) is 1.25. The van der Waals surface area contributed by atoms with Crippen LogP contribution in [-0.2, 0) is 4.74 Å². The maximum absolute atomic E-state index is 9.28. The zero-order valence-electron chi connectivity index (χ0n) is 5.66. The smallest absolute Gasteiger partial charge is 0.109 e. The van der Waals surface area contributed by atoms with Gasteiger partial charge in [-0.25, -0.2) is 0 Å². The highest BCUT2D eigenvalue weighted by Gasteiger charge is 2.26. The molecule has 1 fully saturated rings. The van der Waals surface area contributed by atoms with E-state index < -0.39 is 0 Å². The molecule has 1 saturated heterocycles. The van der Waals surface area contributed by atoms with Gasteiger partial charge in [0, 0.05) is 6.54 Å². The molecule has 0 aromatic carbocycles. The molecule has 3 N–H and O–H groups in total. The largest absolute Gasteiger partial charge is 0.390 e. The lowest BCUT2D eigenvalue weighted by Gasteiger charge is -2.30. The molecule has 1 aliphatic heterocycles. The standard InChI is InChI=1S/C6H12INO2/c7-6-2-1-4(9)5(3-8)10-6/h4-6,9H,1-3,8H2. The zero-order chi connectivity index (χ0) is 7.56. The van der Waals surface area contributed by atoms with Gasteiger partial charge in [-0.05, 0) is 12.8 Å². The molecule has 3 atom stereocenters. The second kappa shape index (κ2) is 3.85. The SMILES string of the molecule is NCC1OC(I)CCC1O. The van der Waals surface area contributed by atoms with E-state index in [0.29, 0.717) is 6.54 Å². The molecular weight excluding hydrogens is 245 g/mol. The first-order valence-corrected chi connectivity index (χ1v) is 4.66. The van der Waals surface area contributed by atoms with E-state index in [1.54, 1.807) is 0 Å². The molecule has 4 heteroatoms. The Balaban J connectivity index is 2.38. The number of rotatable bonds is 1. The fourth-order valence-corrected chi connectivity index (χ4v) is 1.79. The molecule has 0 aliphatic carbocycles. The van der Waals surface area contributed by atoms with Crippen molar-refractivity contribution in [2.75, 3.05) is 6.54 Å². The zero-order valence-corrected chi connectivity index (χ0v) is 7.82. The van der Waals surface area contributed by atoms with Crippen LogP contribution in [0.15, 0.2) is 0 Å². The molecule has 0 radical (unpaired) electrons. The van der Waals surface area contributed by atoms with Crippen molar-refractivity contribution in [1.29, 1.82) is 0 Å². The molecule has 0 bridgehead atoms. The molecule has 0 amide bonds. The monoisotopic (exact) mass is 257 g/mol. The second-order valence-electron chi connectivity index (χ2n) is 2.46. The molecule has 0 aromatic rings. The number of aliphatic hydroxyl groups excluding tert-OH is 1. The maximum atomic E-state index is 9.28. The lowest BCUT2D eigenvalue weighted by molar-refractivity contribution is -0.0753. The lowest BCUT2D eigenvalue weighted by atomic mass is 10.1. The summed E-state index contributed by atoms with van der Waals surface area (Å²) < 4.78 is 5.59. The van der Waals surface area contributed by atoms with Crippen LogP contribution in [0.25, 0.3) is 0 Å². The van der Waals surface area contributed by atoms with Gasteiger partial charge in [0.25, 0.3) is 0 Å². The van der Waals surface area contributed by atoms with Crippen LogP contribution in [0, 0.1) is 0 Å². The van der Waals surface area contributed by atoms with Crippen molar-refractivity contribution in [3.8, 4) is 0 Å². The average Bonchev–Trinajstić information content (AvgIpc) is 1.94. The normalized spacial score (nSPS) is 41.7. The first-order valence-electron chi connectivity index (χ1n) is 3.41. The second-order valence-corrected chi connectivity index (χ2v) is 3.85. The Morgan fingerprint density at radius 2 is 2.30 bits per heavy atom. The Kier molecular flexibility index (Phi) is 3.35. The first kappa shape index (κ1) is 8.70. The number of ether oxygens (including phenoxy) is 1. The van der Waals surface area contributed by atoms with Gasteiger partial charge in [0.15, 0.2) is 0 Å². The lowest BCUT2D eigenvalue weighted by Crippen LogP contribution is -2.41. The van der Waals surface area contributed by atoms with Crippen LogP contribution in [0.3, 0.4) is 0 Å². The number of alkyl halides is 1. The number of aliphatic hydroxyl groups is 1. The van der Waals surface area contributed by atoms with Crippen LogP contribution in [0.5, 0.6) is 0 Å². The summed E-state index contributed by atoms with van der Waals surface area (Å²) in [6, 6.07) is 0. The summed E-state index contributed by atoms with van der Waals surface area (Å²) in [5.74, 6) is 0. The Hall–Kier alpha value is 0.610. The third-order valence-corrected chi connectivity index (χ3v) is 2.59. The fraction of sp³-hybridized carbons (Fsp3) is 1.00. The predicted molar refractivity (Wildman–Crippen MR) is 47.0 cm³/mol. The highest BCUT2D eigenvalue weighted by Crippen LogP contribution is 2.22. The van der Waals surface area contributed by atoms with Gasteiger partial charge in [-0.15, -0.1) is 0 Å². The Labute approximate surface area is 74.1 Å². The molecule has 3 nitrogen and oxygen atoms in total. The molecule has 1 aliphatic rings. The number of halogens is 1. The van der Waals surface area contributed by atoms with Crippen LogP contribution in [0.1, 0.15) is 12.8 Å². The van der Waals surface area contributed by atoms with Gasteiger partial charge in [0.05, 0.1) is 12.2 Å². The van der Waals surface area contributed by atoms with Gasteiger partial charge >= 0.3 is 0 Å². The van der Waals surface area contributed by atoms with E-state index in [0.717, 1.165) is 12.8 Å². The summed E-state index contributed by atoms with van der Waals surface area (Å²) in [5, 5.41) is 9.28. The first-order chi connectivity index (χ1) is 4.74. The number of hydrogen-bond donors (Lipinski definition) is 2. The Bertz CT molecular complexity index is 112. The van der Waals surface area contributed by atoms with E-state index in [1.807, 2.05) is 0 Å². The summed E-state index contributed by atoms with van der Waals surface area (Å²) in [7, 11) is 0. The van der Waals surface area contributed by atoms with Crippen molar-refractivity contribution in [2.24, 2.45) is 5.73 Å². The van der Waals surface area contributed by atoms with Crippen LogP contribution in [0.2, 0.25) is 0 Å². The molecule has 1 rings (SSSR count). The van der Waals surface area contributed by atoms with E-state index in [4.69, 9.17) is 10.5 Å². The minimum Gasteiger partial charge on any atom is -0.390 e. The van der Waals surface area contributed by atoms with Gasteiger partial charge in [-0.2, -0.15) is 0 Å². The average molecular weight is 257 g/mol. The van der Waals surface area contributed by atoms with Crippen LogP contribution >= 0.6 is 22.6 Å². The third-order valence-electron chi connectivity index (χ3n) is 1.67. The molecule has 0 saturated carbocycles. The Morgan fingerprint density at radius 3 is 2.80 bits per heavy atom. The summed E-state index contributed by atoms with van der Waals surface area (Å²) >= 11 is 2.22. The molecule has 10 heavy (non-hydrogen) atoms. The van der Waals surface area contributed by atoms with Gasteiger partial charge in [0.1, 0.15) is 4.11 Å². The topological polar surface area (TPSA) is 55.5 Å². The van der Waals surface area contributed by atoms with Crippen molar-refractivity contribution >= 4 is 22.6 Å². The molecular formula is C6H12INO2. The van der Waals surface area contributed by atoms with Gasteiger partial charge in [-0.1, -0.05) is 22.6 Å². The molecule has 0 spiro atoms. The van der Waals surface area contributed by atoms with Crippen molar-refractivity contribution in [3.63, 3.8) is 0 Å². The number of nitrogens with two attached hydrogens (primary N) is 1. The van der Waals surface area contributed by atoms with Crippen molar-refractivity contribution in [1.82, 2.24) is 0 Å². The van der Waals surface area contributed by atoms with E-state index in [2.05, 4.69) is 22.6 Å². The van der Waals surface area contributed by atoms with Crippen molar-refractivity contribution in [3.05, 3.63) is 0 Å². The minimum absolute atomic E-state index is 0.143. The third kappa shape index (κ3) is 2.05. The Morgan fingerprint density at radius 1 is 1.60 bits per heavy atom. The van der Waals surface area contributed by atoms with E-state index in [-0.39, 0.29) is 16.3 Å². The maximum Gasteiger partial charge on any atom is 0.109 e. The van der Waals surface area contributed by atoms with E-state index in [1.165, 1.54) is 0 Å². The summed E-state index contributed by atoms with van der Waals surface area (Å²) in [5.41, 5.74) is 5.37. The van der Waals surface area contributed by atoms with Crippen LogP contribution < -0.4 is 5.73 Å². The van der Waals surface area contributed by atoms with Crippen molar-refractivity contribution < 1.29 is 9.84 Å². The fourth-order valence-electron chi connectivity index (χ4n) is 1.05. The summed E-state index contributed by atoms with van der Waals surface area (Å²) in [6.45, 7) is 0.417. The van der Waals surface area contributed by atoms with Crippen molar-refractivity contribution in [2.45, 2.75) is 29.2 Å². The number of hydrogen-bond acceptors (Lipinski definition) is 3. The van der Waals surface area contributed by atoms with Gasteiger partial charge in [-0.3, -0.25) is 0 Å². The predicted octanol–water partition coefficient (Wildman–Crippen LogP) is 0.246. The molecule has 0 aromatic heterocycles. The van der Waals surface area contributed by atoms with Gasteiger partial charge < -0.3 is 15.6 Å². The molecule has 60 valence electrons. The van der Waals surface area contributed by atoms with E-state index in [9.17, 15) is 5.11 Å². The molecule has 1 heterocycles. The highest BCUT2D eigenvalue weighted by atomic mass is 127. The quantitative estimate of drug-likeness (QED) is 0.523. The van der Waals surface area contributed by atoms with Gasteiger partial charge in [0.2, 0.25) is 0 Å². The highest BCUT2D eigenvalue weighted by molar-refractivity contribution is 14.1. The minimum atomic E-state index is -0.351. The molecule has 3 unspecified atom stereocenters.